The summed E-state index contributed by atoms with van der Waals surface area (Å²) in [4.78, 5) is 35.3. The molecule has 7 heteroatoms. The summed E-state index contributed by atoms with van der Waals surface area (Å²) in [6.07, 6.45) is 1.15. The molecule has 0 radical (unpaired) electrons. The number of halogens is 1. The Morgan fingerprint density at radius 1 is 1.20 bits per heavy atom. The zero-order chi connectivity index (χ0) is 15.1. The van der Waals surface area contributed by atoms with Gasteiger partial charge in [0.2, 0.25) is 0 Å². The summed E-state index contributed by atoms with van der Waals surface area (Å²) in [6.45, 7) is 0. The van der Waals surface area contributed by atoms with E-state index in [1.807, 2.05) is 0 Å². The van der Waals surface area contributed by atoms with Gasteiger partial charge in [0, 0.05) is 24.7 Å². The van der Waals surface area contributed by atoms with Gasteiger partial charge in [-0.1, -0.05) is 11.6 Å². The summed E-state index contributed by atoms with van der Waals surface area (Å²) in [5.74, 6) is -2.79. The molecule has 1 fully saturated rings. The zero-order valence-electron chi connectivity index (χ0n) is 10.6. The van der Waals surface area contributed by atoms with Gasteiger partial charge in [-0.05, 0) is 18.2 Å². The zero-order valence-corrected chi connectivity index (χ0v) is 12.1. The average Bonchev–Trinajstić information content (AvgIpc) is 2.67. The fraction of sp³-hybridized carbons (Fsp3) is 0.308. The molecule has 1 aromatic rings. The Hall–Kier alpha value is -1.53. The van der Waals surface area contributed by atoms with E-state index in [-0.39, 0.29) is 28.3 Å². The molecule has 0 spiro atoms. The van der Waals surface area contributed by atoms with E-state index in [1.54, 1.807) is 0 Å². The van der Waals surface area contributed by atoms with Crippen LogP contribution in [0, 0.1) is 5.92 Å². The van der Waals surface area contributed by atoms with Gasteiger partial charge in [-0.15, -0.1) is 0 Å². The molecule has 0 atom stereocenters. The fourth-order valence-corrected chi connectivity index (χ4v) is 3.07. The molecule has 0 unspecified atom stereocenters. The van der Waals surface area contributed by atoms with Gasteiger partial charge >= 0.3 is 0 Å². The Bertz CT molecular complexity index is 704. The van der Waals surface area contributed by atoms with Crippen LogP contribution in [-0.2, 0) is 19.4 Å². The van der Waals surface area contributed by atoms with Crippen LogP contribution in [0.5, 0.6) is 0 Å². The summed E-state index contributed by atoms with van der Waals surface area (Å²) in [7, 11) is -3.44. The summed E-state index contributed by atoms with van der Waals surface area (Å²) < 4.78 is 22.7. The number of benzene rings is 1. The molecular formula is C13H11ClO5S. The number of carbonyl (C=O) groups is 3. The van der Waals surface area contributed by atoms with E-state index in [0.717, 1.165) is 12.3 Å². The van der Waals surface area contributed by atoms with Crippen molar-refractivity contribution in [3.63, 3.8) is 0 Å². The smallest absolute Gasteiger partial charge is 0.182 e. The predicted molar refractivity (Wildman–Crippen MR) is 71.6 cm³/mol. The highest BCUT2D eigenvalue weighted by atomic mass is 35.5. The molecule has 0 aromatic heterocycles. The second kappa shape index (κ2) is 5.10. The highest BCUT2D eigenvalue weighted by Gasteiger charge is 2.39. The summed E-state index contributed by atoms with van der Waals surface area (Å²) in [5.41, 5.74) is -0.00679. The Labute approximate surface area is 120 Å². The minimum absolute atomic E-state index is 0.00679. The Morgan fingerprint density at radius 2 is 1.75 bits per heavy atom. The maximum absolute atomic E-state index is 12.2. The van der Waals surface area contributed by atoms with E-state index in [9.17, 15) is 22.8 Å². The van der Waals surface area contributed by atoms with Crippen molar-refractivity contribution in [2.45, 2.75) is 17.7 Å². The van der Waals surface area contributed by atoms with Crippen molar-refractivity contribution in [1.29, 1.82) is 0 Å². The van der Waals surface area contributed by atoms with Crippen LogP contribution in [0.25, 0.3) is 0 Å². The number of rotatable bonds is 3. The number of Topliss-reactive ketones (excluding diaryl/α,β-unsaturated/α-hetero) is 3. The van der Waals surface area contributed by atoms with Crippen LogP contribution in [0.15, 0.2) is 23.1 Å². The van der Waals surface area contributed by atoms with Crippen LogP contribution < -0.4 is 0 Å². The van der Waals surface area contributed by atoms with Crippen LogP contribution in [0.3, 0.4) is 0 Å². The average molecular weight is 315 g/mol. The van der Waals surface area contributed by atoms with Crippen LogP contribution in [0.1, 0.15) is 23.2 Å². The first-order chi connectivity index (χ1) is 9.21. The van der Waals surface area contributed by atoms with Crippen molar-refractivity contribution in [1.82, 2.24) is 0 Å². The normalized spacial score (nSPS) is 16.7. The van der Waals surface area contributed by atoms with E-state index in [4.69, 9.17) is 11.6 Å². The van der Waals surface area contributed by atoms with Crippen molar-refractivity contribution in [3.05, 3.63) is 28.8 Å². The largest absolute Gasteiger partial charge is 0.298 e. The molecule has 0 bridgehead atoms. The third-order valence-corrected chi connectivity index (χ3v) is 4.58. The van der Waals surface area contributed by atoms with Gasteiger partial charge in [-0.2, -0.15) is 0 Å². The summed E-state index contributed by atoms with van der Waals surface area (Å²) in [6, 6.07) is 3.62. The van der Waals surface area contributed by atoms with E-state index in [1.165, 1.54) is 12.1 Å². The SMILES string of the molecule is CS(=O)(=O)c1ccc(C(=O)C2C(=O)CCC2=O)c(Cl)c1. The lowest BCUT2D eigenvalue weighted by atomic mass is 9.95. The second-order valence-corrected chi connectivity index (χ2v) is 7.07. The Balaban J connectivity index is 2.42. The Kier molecular flexibility index (Phi) is 3.80. The second-order valence-electron chi connectivity index (χ2n) is 4.64. The molecular weight excluding hydrogens is 304 g/mol. The van der Waals surface area contributed by atoms with Gasteiger partial charge < -0.3 is 0 Å². The minimum atomic E-state index is -3.44. The molecule has 0 saturated heterocycles. The van der Waals surface area contributed by atoms with Crippen LogP contribution >= 0.6 is 11.6 Å². The number of ketones is 3. The Morgan fingerprint density at radius 3 is 2.20 bits per heavy atom. The van der Waals surface area contributed by atoms with Crippen molar-refractivity contribution < 1.29 is 22.8 Å². The molecule has 1 aliphatic rings. The lowest BCUT2D eigenvalue weighted by Gasteiger charge is -2.09. The minimum Gasteiger partial charge on any atom is -0.298 e. The van der Waals surface area contributed by atoms with Crippen molar-refractivity contribution in [2.24, 2.45) is 5.92 Å². The molecule has 1 aromatic carbocycles. The first kappa shape index (κ1) is 14.9. The molecule has 1 saturated carbocycles. The first-order valence-electron chi connectivity index (χ1n) is 5.81. The maximum Gasteiger partial charge on any atom is 0.182 e. The highest BCUT2D eigenvalue weighted by Crippen LogP contribution is 2.27. The summed E-state index contributed by atoms with van der Waals surface area (Å²) >= 11 is 5.90. The lowest BCUT2D eigenvalue weighted by molar-refractivity contribution is -0.125. The molecule has 0 N–H and O–H groups in total. The third kappa shape index (κ3) is 2.66. The monoisotopic (exact) mass is 314 g/mol. The van der Waals surface area contributed by atoms with E-state index >= 15 is 0 Å². The molecule has 1 aliphatic carbocycles. The fourth-order valence-electron chi connectivity index (χ4n) is 2.09. The van der Waals surface area contributed by atoms with Gasteiger partial charge in [-0.3, -0.25) is 14.4 Å². The molecule has 106 valence electrons. The molecule has 2 rings (SSSR count). The molecule has 20 heavy (non-hydrogen) atoms. The number of hydrogen-bond donors (Lipinski definition) is 0. The van der Waals surface area contributed by atoms with Crippen molar-refractivity contribution in [2.75, 3.05) is 6.26 Å². The van der Waals surface area contributed by atoms with Gasteiger partial charge in [0.25, 0.3) is 0 Å². The molecule has 0 heterocycles. The third-order valence-electron chi connectivity index (χ3n) is 3.16. The van der Waals surface area contributed by atoms with Crippen LogP contribution in [0.4, 0.5) is 0 Å². The van der Waals surface area contributed by atoms with Gasteiger partial charge in [0.1, 0.15) is 5.92 Å². The quantitative estimate of drug-likeness (QED) is 0.623. The molecule has 5 nitrogen and oxygen atoms in total. The molecule has 0 amide bonds. The van der Waals surface area contributed by atoms with Crippen molar-refractivity contribution >= 4 is 38.8 Å². The van der Waals surface area contributed by atoms with E-state index in [2.05, 4.69) is 0 Å². The maximum atomic E-state index is 12.2. The number of sulfone groups is 1. The highest BCUT2D eigenvalue weighted by molar-refractivity contribution is 7.90. The van der Waals surface area contributed by atoms with E-state index in [0.29, 0.717) is 0 Å². The summed E-state index contributed by atoms with van der Waals surface area (Å²) in [5, 5.41) is -0.0783. The van der Waals surface area contributed by atoms with E-state index < -0.39 is 33.1 Å². The van der Waals surface area contributed by atoms with Gasteiger partial charge in [0.05, 0.1) is 9.92 Å². The predicted octanol–water partition coefficient (Wildman–Crippen LogP) is 1.47. The lowest BCUT2D eigenvalue weighted by Crippen LogP contribution is -2.25. The van der Waals surface area contributed by atoms with Crippen LogP contribution in [-0.4, -0.2) is 32.0 Å². The standard InChI is InChI=1S/C13H11ClO5S/c1-20(18,19)7-2-3-8(9(14)6-7)13(17)12-10(15)4-5-11(12)16/h2-3,6,12H,4-5H2,1H3. The van der Waals surface area contributed by atoms with Gasteiger partial charge in [-0.25, -0.2) is 8.42 Å². The topological polar surface area (TPSA) is 85.3 Å². The first-order valence-corrected chi connectivity index (χ1v) is 8.08. The van der Waals surface area contributed by atoms with Gasteiger partial charge in [0.15, 0.2) is 27.2 Å². The van der Waals surface area contributed by atoms with Crippen LogP contribution in [0.2, 0.25) is 5.02 Å². The number of hydrogen-bond acceptors (Lipinski definition) is 5. The number of carbonyl (C=O) groups excluding carboxylic acids is 3. The van der Waals surface area contributed by atoms with Crippen molar-refractivity contribution in [3.8, 4) is 0 Å². The molecule has 0 aliphatic heterocycles.